The highest BCUT2D eigenvalue weighted by atomic mass is 35.5. The number of benzene rings is 1. The van der Waals surface area contributed by atoms with Gasteiger partial charge in [0.1, 0.15) is 0 Å². The van der Waals surface area contributed by atoms with E-state index >= 15 is 0 Å². The Labute approximate surface area is 167 Å². The first-order valence-electron chi connectivity index (χ1n) is 10.2. The zero-order chi connectivity index (χ0) is 19.1. The van der Waals surface area contributed by atoms with Gasteiger partial charge in [-0.15, -0.1) is 0 Å². The third kappa shape index (κ3) is 5.94. The van der Waals surface area contributed by atoms with Gasteiger partial charge in [0, 0.05) is 49.2 Å². The van der Waals surface area contributed by atoms with Gasteiger partial charge in [-0.3, -0.25) is 14.5 Å². The van der Waals surface area contributed by atoms with Crippen LogP contribution in [-0.4, -0.2) is 60.4 Å². The van der Waals surface area contributed by atoms with Crippen LogP contribution >= 0.6 is 11.6 Å². The maximum Gasteiger partial charge on any atom is 0.253 e. The number of hydrogen-bond donors (Lipinski definition) is 1. The number of nitrogens with zero attached hydrogens (tertiary/aromatic N) is 2. The van der Waals surface area contributed by atoms with Crippen LogP contribution in [0.5, 0.6) is 0 Å². The standard InChI is InChI=1S/C21H30ClN3O2/c22-18-9-7-17(8-10-18)21(27)25-13-4-2-11-23-20(26)16-19-6-1-3-12-24(19)14-5-15-25/h7-10,19H,1-6,11-16H2,(H,23,26). The molecule has 1 aromatic rings. The smallest absolute Gasteiger partial charge is 0.253 e. The third-order valence-electron chi connectivity index (χ3n) is 5.60. The minimum absolute atomic E-state index is 0.0702. The molecule has 0 aromatic heterocycles. The third-order valence-corrected chi connectivity index (χ3v) is 5.85. The lowest BCUT2D eigenvalue weighted by Gasteiger charge is -2.35. The van der Waals surface area contributed by atoms with E-state index in [2.05, 4.69) is 10.2 Å². The van der Waals surface area contributed by atoms with Crippen LogP contribution in [0.3, 0.4) is 0 Å². The molecule has 2 amide bonds. The van der Waals surface area contributed by atoms with E-state index in [9.17, 15) is 9.59 Å². The van der Waals surface area contributed by atoms with Gasteiger partial charge >= 0.3 is 0 Å². The Hall–Kier alpha value is -1.59. The van der Waals surface area contributed by atoms with Gasteiger partial charge in [0.2, 0.25) is 5.91 Å². The molecular weight excluding hydrogens is 362 g/mol. The molecule has 0 radical (unpaired) electrons. The van der Waals surface area contributed by atoms with E-state index in [0.29, 0.717) is 29.6 Å². The van der Waals surface area contributed by atoms with E-state index in [-0.39, 0.29) is 11.8 Å². The maximum absolute atomic E-state index is 12.9. The Kier molecular flexibility index (Phi) is 7.53. The largest absolute Gasteiger partial charge is 0.356 e. The highest BCUT2D eigenvalue weighted by molar-refractivity contribution is 6.30. The maximum atomic E-state index is 12.9. The van der Waals surface area contributed by atoms with Crippen LogP contribution in [0.1, 0.15) is 55.3 Å². The highest BCUT2D eigenvalue weighted by Crippen LogP contribution is 2.20. The molecule has 2 saturated heterocycles. The minimum atomic E-state index is 0.0702. The number of hydrogen-bond acceptors (Lipinski definition) is 3. The van der Waals surface area contributed by atoms with Gasteiger partial charge in [0.05, 0.1) is 0 Å². The average Bonchev–Trinajstić information content (AvgIpc) is 2.68. The molecule has 0 aliphatic carbocycles. The molecular formula is C21H30ClN3O2. The first-order valence-corrected chi connectivity index (χ1v) is 10.6. The predicted molar refractivity (Wildman–Crippen MR) is 108 cm³/mol. The molecule has 2 fully saturated rings. The van der Waals surface area contributed by atoms with Crippen molar-refractivity contribution in [3.63, 3.8) is 0 Å². The van der Waals surface area contributed by atoms with Crippen molar-refractivity contribution in [2.24, 2.45) is 0 Å². The summed E-state index contributed by atoms with van der Waals surface area (Å²) >= 11 is 5.95. The van der Waals surface area contributed by atoms with Crippen molar-refractivity contribution in [1.29, 1.82) is 0 Å². The van der Waals surface area contributed by atoms with E-state index in [1.807, 2.05) is 4.90 Å². The Morgan fingerprint density at radius 3 is 2.48 bits per heavy atom. The fourth-order valence-electron chi connectivity index (χ4n) is 4.08. The van der Waals surface area contributed by atoms with Gasteiger partial charge in [-0.1, -0.05) is 18.0 Å². The van der Waals surface area contributed by atoms with Crippen LogP contribution in [0.25, 0.3) is 0 Å². The molecule has 3 rings (SSSR count). The van der Waals surface area contributed by atoms with Crippen molar-refractivity contribution in [1.82, 2.24) is 15.1 Å². The van der Waals surface area contributed by atoms with E-state index in [1.54, 1.807) is 24.3 Å². The van der Waals surface area contributed by atoms with Gasteiger partial charge in [0.25, 0.3) is 5.91 Å². The average molecular weight is 392 g/mol. The molecule has 0 saturated carbocycles. The van der Waals surface area contributed by atoms with Crippen molar-refractivity contribution in [3.05, 3.63) is 34.9 Å². The summed E-state index contributed by atoms with van der Waals surface area (Å²) in [5, 5.41) is 3.69. The molecule has 0 bridgehead atoms. The summed E-state index contributed by atoms with van der Waals surface area (Å²) in [4.78, 5) is 29.6. The van der Waals surface area contributed by atoms with E-state index in [1.165, 1.54) is 12.8 Å². The minimum Gasteiger partial charge on any atom is -0.356 e. The molecule has 148 valence electrons. The second kappa shape index (κ2) is 10.1. The fourth-order valence-corrected chi connectivity index (χ4v) is 4.21. The van der Waals surface area contributed by atoms with Crippen LogP contribution in [0.15, 0.2) is 24.3 Å². The fraction of sp³-hybridized carbons (Fsp3) is 0.619. The van der Waals surface area contributed by atoms with Crippen LogP contribution in [0, 0.1) is 0 Å². The van der Waals surface area contributed by atoms with E-state index < -0.39 is 0 Å². The molecule has 6 heteroatoms. The van der Waals surface area contributed by atoms with E-state index in [0.717, 1.165) is 51.9 Å². The second-order valence-electron chi connectivity index (χ2n) is 7.60. The summed E-state index contributed by atoms with van der Waals surface area (Å²) < 4.78 is 0. The number of piperidine rings is 1. The lowest BCUT2D eigenvalue weighted by Crippen LogP contribution is -2.44. The molecule has 27 heavy (non-hydrogen) atoms. The Morgan fingerprint density at radius 1 is 0.963 bits per heavy atom. The monoisotopic (exact) mass is 391 g/mol. The molecule has 2 aliphatic heterocycles. The van der Waals surface area contributed by atoms with Crippen LogP contribution in [0.2, 0.25) is 5.02 Å². The molecule has 2 heterocycles. The summed E-state index contributed by atoms with van der Waals surface area (Å²) in [6.07, 6.45) is 6.84. The lowest BCUT2D eigenvalue weighted by molar-refractivity contribution is -0.122. The van der Waals surface area contributed by atoms with Crippen molar-refractivity contribution in [2.75, 3.05) is 32.7 Å². The zero-order valence-corrected chi connectivity index (χ0v) is 16.7. The molecule has 1 N–H and O–H groups in total. The number of fused-ring (bicyclic) bond motifs is 1. The number of amides is 2. The van der Waals surface area contributed by atoms with Crippen molar-refractivity contribution >= 4 is 23.4 Å². The van der Waals surface area contributed by atoms with Gasteiger partial charge in [-0.25, -0.2) is 0 Å². The van der Waals surface area contributed by atoms with Crippen LogP contribution in [-0.2, 0) is 4.79 Å². The molecule has 1 aromatic carbocycles. The summed E-state index contributed by atoms with van der Waals surface area (Å²) in [6.45, 7) is 4.17. The predicted octanol–water partition coefficient (Wildman–Crippen LogP) is 3.33. The first-order chi connectivity index (χ1) is 13.1. The summed E-state index contributed by atoms with van der Waals surface area (Å²) in [7, 11) is 0. The number of carbonyl (C=O) groups is 2. The second-order valence-corrected chi connectivity index (χ2v) is 8.04. The van der Waals surface area contributed by atoms with E-state index in [4.69, 9.17) is 11.6 Å². The Morgan fingerprint density at radius 2 is 1.67 bits per heavy atom. The molecule has 2 aliphatic rings. The summed E-state index contributed by atoms with van der Waals surface area (Å²) in [5.74, 6) is 0.237. The highest BCUT2D eigenvalue weighted by Gasteiger charge is 2.25. The Balaban J connectivity index is 1.66. The van der Waals surface area contributed by atoms with Crippen molar-refractivity contribution in [3.8, 4) is 0 Å². The summed E-state index contributed by atoms with van der Waals surface area (Å²) in [6, 6.07) is 7.48. The number of halogens is 1. The first kappa shape index (κ1) is 20.2. The van der Waals surface area contributed by atoms with Crippen LogP contribution in [0.4, 0.5) is 0 Å². The quantitative estimate of drug-likeness (QED) is 0.798. The molecule has 1 atom stereocenters. The summed E-state index contributed by atoms with van der Waals surface area (Å²) in [5.41, 5.74) is 0.688. The number of rotatable bonds is 1. The number of carbonyl (C=O) groups excluding carboxylic acids is 2. The lowest BCUT2D eigenvalue weighted by atomic mass is 9.98. The SMILES string of the molecule is O=C1CC2CCCCN2CCCN(C(=O)c2ccc(Cl)cc2)CCCCN1. The topological polar surface area (TPSA) is 52.7 Å². The van der Waals surface area contributed by atoms with Gasteiger partial charge in [-0.2, -0.15) is 0 Å². The normalized spacial score (nSPS) is 23.4. The molecule has 0 spiro atoms. The van der Waals surface area contributed by atoms with Gasteiger partial charge in [-0.05, 0) is 62.9 Å². The van der Waals surface area contributed by atoms with Gasteiger partial charge < -0.3 is 10.2 Å². The molecule has 5 nitrogen and oxygen atoms in total. The van der Waals surface area contributed by atoms with Crippen molar-refractivity contribution < 1.29 is 9.59 Å². The molecule has 1 unspecified atom stereocenters. The van der Waals surface area contributed by atoms with Crippen molar-refractivity contribution in [2.45, 2.75) is 51.0 Å². The zero-order valence-electron chi connectivity index (χ0n) is 16.0. The van der Waals surface area contributed by atoms with Crippen LogP contribution < -0.4 is 5.32 Å². The van der Waals surface area contributed by atoms with Gasteiger partial charge in [0.15, 0.2) is 0 Å². The Bertz CT molecular complexity index is 635. The number of nitrogens with one attached hydrogen (secondary N) is 1.